The highest BCUT2D eigenvalue weighted by atomic mass is 16.6. The van der Waals surface area contributed by atoms with Crippen molar-refractivity contribution in [3.8, 4) is 5.69 Å². The summed E-state index contributed by atoms with van der Waals surface area (Å²) in [6.45, 7) is -0.495. The highest BCUT2D eigenvalue weighted by molar-refractivity contribution is 5.32. The first kappa shape index (κ1) is 15.6. The molecule has 0 spiro atoms. The smallest absolute Gasteiger partial charge is 0.333 e. The van der Waals surface area contributed by atoms with Crippen LogP contribution in [0.3, 0.4) is 0 Å². The van der Waals surface area contributed by atoms with Gasteiger partial charge in [-0.25, -0.2) is 9.36 Å². The van der Waals surface area contributed by atoms with Crippen LogP contribution in [0.25, 0.3) is 5.69 Å². The van der Waals surface area contributed by atoms with Gasteiger partial charge in [-0.3, -0.25) is 4.79 Å². The zero-order valence-electron chi connectivity index (χ0n) is 12.0. The van der Waals surface area contributed by atoms with Gasteiger partial charge in [-0.2, -0.15) is 0 Å². The predicted octanol–water partition coefficient (Wildman–Crippen LogP) is -1.32. The van der Waals surface area contributed by atoms with Crippen molar-refractivity contribution in [1.82, 2.24) is 9.55 Å². The van der Waals surface area contributed by atoms with Crippen LogP contribution in [0, 0.1) is 0 Å². The molecule has 0 aliphatic carbocycles. The molecule has 1 aromatic heterocycles. The Morgan fingerprint density at radius 2 is 1.83 bits per heavy atom. The number of nitrogens with one attached hydrogen (secondary N) is 1. The average molecular weight is 320 g/mol. The van der Waals surface area contributed by atoms with E-state index in [1.54, 1.807) is 30.3 Å². The summed E-state index contributed by atoms with van der Waals surface area (Å²) in [6.07, 6.45) is -3.67. The lowest BCUT2D eigenvalue weighted by Gasteiger charge is -2.15. The number of hydrogen-bond acceptors (Lipinski definition) is 6. The third-order valence-electron chi connectivity index (χ3n) is 3.87. The summed E-state index contributed by atoms with van der Waals surface area (Å²) in [4.78, 5) is 27.0. The standard InChI is InChI=1S/C15H16N2O6/c18-7-10-11(19)12(20)13(23-10)9-6-16-15(22)17(14(9)21)8-4-2-1-3-5-8/h1-6,10-13,18-20H,7H2,(H,16,22)/t10-,11-,12-,13+/m1/s1. The first-order chi connectivity index (χ1) is 11.0. The number of aromatic nitrogens is 2. The van der Waals surface area contributed by atoms with E-state index in [0.717, 1.165) is 10.8 Å². The largest absolute Gasteiger partial charge is 0.394 e. The van der Waals surface area contributed by atoms with Crippen LogP contribution in [0.2, 0.25) is 0 Å². The van der Waals surface area contributed by atoms with Crippen LogP contribution in [0.15, 0.2) is 46.1 Å². The van der Waals surface area contributed by atoms with Gasteiger partial charge in [-0.05, 0) is 12.1 Å². The van der Waals surface area contributed by atoms with Crippen LogP contribution in [0.4, 0.5) is 0 Å². The summed E-state index contributed by atoms with van der Waals surface area (Å²) in [7, 11) is 0. The number of aliphatic hydroxyl groups excluding tert-OH is 3. The van der Waals surface area contributed by atoms with Crippen LogP contribution in [0.1, 0.15) is 11.7 Å². The van der Waals surface area contributed by atoms with E-state index in [1.165, 1.54) is 0 Å². The van der Waals surface area contributed by atoms with Crippen LogP contribution >= 0.6 is 0 Å². The summed E-state index contributed by atoms with van der Waals surface area (Å²) in [5.74, 6) is 0. The molecule has 8 nitrogen and oxygen atoms in total. The molecule has 0 amide bonds. The number of aromatic amines is 1. The van der Waals surface area contributed by atoms with Gasteiger partial charge in [0.25, 0.3) is 5.56 Å². The minimum absolute atomic E-state index is 0.00375. The molecule has 23 heavy (non-hydrogen) atoms. The Morgan fingerprint density at radius 1 is 1.13 bits per heavy atom. The minimum atomic E-state index is -1.38. The molecule has 1 aliphatic rings. The van der Waals surface area contributed by atoms with Gasteiger partial charge in [0.2, 0.25) is 0 Å². The molecule has 2 aromatic rings. The molecule has 0 unspecified atom stereocenters. The fourth-order valence-corrected chi connectivity index (χ4v) is 2.66. The van der Waals surface area contributed by atoms with Gasteiger partial charge < -0.3 is 25.0 Å². The van der Waals surface area contributed by atoms with Gasteiger partial charge in [-0.1, -0.05) is 18.2 Å². The van der Waals surface area contributed by atoms with Crippen LogP contribution in [-0.4, -0.2) is 49.8 Å². The van der Waals surface area contributed by atoms with Gasteiger partial charge in [-0.15, -0.1) is 0 Å². The zero-order chi connectivity index (χ0) is 16.6. The van der Waals surface area contributed by atoms with Crippen LogP contribution < -0.4 is 11.2 Å². The third kappa shape index (κ3) is 2.62. The summed E-state index contributed by atoms with van der Waals surface area (Å²) < 4.78 is 6.27. The quantitative estimate of drug-likeness (QED) is 0.556. The van der Waals surface area contributed by atoms with Gasteiger partial charge in [0, 0.05) is 6.20 Å². The van der Waals surface area contributed by atoms with Crippen molar-refractivity contribution in [1.29, 1.82) is 0 Å². The Bertz CT molecular complexity index is 800. The van der Waals surface area contributed by atoms with Gasteiger partial charge in [0.15, 0.2) is 0 Å². The minimum Gasteiger partial charge on any atom is -0.394 e. The third-order valence-corrected chi connectivity index (χ3v) is 3.87. The number of H-pyrrole nitrogens is 1. The molecule has 2 heterocycles. The van der Waals surface area contributed by atoms with E-state index in [4.69, 9.17) is 9.84 Å². The maximum atomic E-state index is 12.6. The molecule has 0 saturated carbocycles. The number of nitrogens with zero attached hydrogens (tertiary/aromatic N) is 1. The summed E-state index contributed by atoms with van der Waals surface area (Å²) in [6, 6.07) is 8.30. The lowest BCUT2D eigenvalue weighted by molar-refractivity contribution is -0.0233. The van der Waals surface area contributed by atoms with Crippen molar-refractivity contribution >= 4 is 0 Å². The second kappa shape index (κ2) is 6.09. The predicted molar refractivity (Wildman–Crippen MR) is 79.4 cm³/mol. The lowest BCUT2D eigenvalue weighted by Crippen LogP contribution is -2.38. The topological polar surface area (TPSA) is 125 Å². The first-order valence-electron chi connectivity index (χ1n) is 7.07. The fourth-order valence-electron chi connectivity index (χ4n) is 2.66. The Kier molecular flexibility index (Phi) is 4.14. The normalized spacial score (nSPS) is 27.3. The molecule has 4 atom stereocenters. The van der Waals surface area contributed by atoms with E-state index in [9.17, 15) is 19.8 Å². The van der Waals surface area contributed by atoms with Gasteiger partial charge in [0.05, 0.1) is 17.9 Å². The highest BCUT2D eigenvalue weighted by Crippen LogP contribution is 2.31. The number of hydrogen-bond donors (Lipinski definition) is 4. The van der Waals surface area contributed by atoms with Crippen molar-refractivity contribution in [3.63, 3.8) is 0 Å². The molecule has 1 saturated heterocycles. The first-order valence-corrected chi connectivity index (χ1v) is 7.07. The molecule has 1 aliphatic heterocycles. The van der Waals surface area contributed by atoms with E-state index >= 15 is 0 Å². The monoisotopic (exact) mass is 320 g/mol. The fraction of sp³-hybridized carbons (Fsp3) is 0.333. The summed E-state index contributed by atoms with van der Waals surface area (Å²) in [5, 5.41) is 29.0. The zero-order valence-corrected chi connectivity index (χ0v) is 12.0. The molecular formula is C15H16N2O6. The molecule has 0 radical (unpaired) electrons. The highest BCUT2D eigenvalue weighted by Gasteiger charge is 2.44. The van der Waals surface area contributed by atoms with Crippen molar-refractivity contribution in [2.45, 2.75) is 24.4 Å². The van der Waals surface area contributed by atoms with E-state index in [1.807, 2.05) is 0 Å². The Hall–Kier alpha value is -2.26. The van der Waals surface area contributed by atoms with E-state index in [0.29, 0.717) is 5.69 Å². The van der Waals surface area contributed by atoms with Crippen molar-refractivity contribution in [2.24, 2.45) is 0 Å². The molecule has 3 rings (SSSR count). The SMILES string of the molecule is O=c1[nH]cc([C@@H]2O[C@H](CO)[C@@H](O)[C@H]2O)c(=O)n1-c1ccccc1. The Labute approximate surface area is 130 Å². The molecule has 1 fully saturated rings. The van der Waals surface area contributed by atoms with E-state index in [2.05, 4.69) is 4.98 Å². The molecule has 1 aromatic carbocycles. The number of para-hydroxylation sites is 1. The molecular weight excluding hydrogens is 304 g/mol. The van der Waals surface area contributed by atoms with Crippen molar-refractivity contribution in [2.75, 3.05) is 6.61 Å². The second-order valence-corrected chi connectivity index (χ2v) is 5.28. The van der Waals surface area contributed by atoms with Crippen LogP contribution in [-0.2, 0) is 4.74 Å². The number of benzene rings is 1. The van der Waals surface area contributed by atoms with E-state index < -0.39 is 42.3 Å². The summed E-state index contributed by atoms with van der Waals surface area (Å²) in [5.41, 5.74) is -0.922. The maximum Gasteiger partial charge on any atom is 0.333 e. The van der Waals surface area contributed by atoms with Crippen molar-refractivity contribution < 1.29 is 20.1 Å². The maximum absolute atomic E-state index is 12.6. The van der Waals surface area contributed by atoms with Gasteiger partial charge >= 0.3 is 5.69 Å². The van der Waals surface area contributed by atoms with Crippen LogP contribution in [0.5, 0.6) is 0 Å². The summed E-state index contributed by atoms with van der Waals surface area (Å²) >= 11 is 0. The second-order valence-electron chi connectivity index (χ2n) is 5.28. The Morgan fingerprint density at radius 3 is 2.43 bits per heavy atom. The van der Waals surface area contributed by atoms with E-state index in [-0.39, 0.29) is 5.56 Å². The van der Waals surface area contributed by atoms with Crippen molar-refractivity contribution in [3.05, 3.63) is 62.9 Å². The average Bonchev–Trinajstić information content (AvgIpc) is 2.84. The molecule has 0 bridgehead atoms. The number of rotatable bonds is 3. The number of ether oxygens (including phenoxy) is 1. The molecule has 122 valence electrons. The Balaban J connectivity index is 2.10. The van der Waals surface area contributed by atoms with Gasteiger partial charge in [0.1, 0.15) is 24.4 Å². The molecule has 8 heteroatoms. The lowest BCUT2D eigenvalue weighted by atomic mass is 10.0. The molecule has 4 N–H and O–H groups in total. The number of aliphatic hydroxyl groups is 3.